The Labute approximate surface area is 112 Å². The van der Waals surface area contributed by atoms with Gasteiger partial charge in [-0.25, -0.2) is 0 Å². The molecule has 0 saturated carbocycles. The van der Waals surface area contributed by atoms with Crippen molar-refractivity contribution in [2.24, 2.45) is 0 Å². The molecule has 0 aliphatic rings. The Hall–Kier alpha value is -1.66. The highest BCUT2D eigenvalue weighted by Crippen LogP contribution is 2.27. The molecular formula is C14H16ClNO2. The number of nitrogens with one attached hydrogen (secondary N) is 1. The van der Waals surface area contributed by atoms with E-state index in [2.05, 4.69) is 11.2 Å². The zero-order valence-corrected chi connectivity index (χ0v) is 11.7. The van der Waals surface area contributed by atoms with E-state index in [1.165, 1.54) is 7.11 Å². The smallest absolute Gasteiger partial charge is 0.256 e. The van der Waals surface area contributed by atoms with E-state index in [-0.39, 0.29) is 5.91 Å². The number of terminal acetylenes is 1. The predicted molar refractivity (Wildman–Crippen MR) is 73.1 cm³/mol. The first-order chi connectivity index (χ1) is 8.30. The maximum Gasteiger partial charge on any atom is 0.256 e. The van der Waals surface area contributed by atoms with Gasteiger partial charge in [-0.3, -0.25) is 4.79 Å². The second kappa shape index (κ2) is 5.32. The molecule has 0 radical (unpaired) electrons. The summed E-state index contributed by atoms with van der Waals surface area (Å²) in [6.07, 6.45) is 5.34. The lowest BCUT2D eigenvalue weighted by Gasteiger charge is -2.21. The van der Waals surface area contributed by atoms with Gasteiger partial charge in [0.15, 0.2) is 0 Å². The number of halogens is 1. The van der Waals surface area contributed by atoms with Gasteiger partial charge in [-0.2, -0.15) is 0 Å². The predicted octanol–water partition coefficient (Wildman–Crippen LogP) is 2.80. The van der Waals surface area contributed by atoms with Crippen LogP contribution in [0.25, 0.3) is 0 Å². The molecule has 1 amide bonds. The van der Waals surface area contributed by atoms with Crippen molar-refractivity contribution in [2.45, 2.75) is 26.3 Å². The molecule has 18 heavy (non-hydrogen) atoms. The Morgan fingerprint density at radius 2 is 2.11 bits per heavy atom. The molecule has 0 aliphatic carbocycles. The average molecular weight is 266 g/mol. The van der Waals surface area contributed by atoms with Gasteiger partial charge in [-0.05, 0) is 38.5 Å². The molecule has 96 valence electrons. The van der Waals surface area contributed by atoms with Crippen LogP contribution in [0.5, 0.6) is 5.75 Å². The minimum Gasteiger partial charge on any atom is -0.496 e. The van der Waals surface area contributed by atoms with Crippen LogP contribution in [0.1, 0.15) is 29.8 Å². The number of methoxy groups -OCH3 is 1. The highest BCUT2D eigenvalue weighted by atomic mass is 35.5. The van der Waals surface area contributed by atoms with E-state index in [1.54, 1.807) is 26.0 Å². The molecule has 3 nitrogen and oxygen atoms in total. The third-order valence-corrected chi connectivity index (χ3v) is 2.69. The molecule has 0 heterocycles. The van der Waals surface area contributed by atoms with Crippen molar-refractivity contribution in [1.82, 2.24) is 5.32 Å². The van der Waals surface area contributed by atoms with E-state index in [0.29, 0.717) is 16.3 Å². The van der Waals surface area contributed by atoms with E-state index in [0.717, 1.165) is 5.56 Å². The van der Waals surface area contributed by atoms with Crippen LogP contribution < -0.4 is 10.1 Å². The molecule has 0 saturated heterocycles. The van der Waals surface area contributed by atoms with Crippen LogP contribution in [-0.2, 0) is 0 Å². The zero-order chi connectivity index (χ0) is 13.9. The Bertz CT molecular complexity index is 515. The van der Waals surface area contributed by atoms with E-state index in [4.69, 9.17) is 22.8 Å². The van der Waals surface area contributed by atoms with E-state index in [1.807, 2.05) is 6.92 Å². The van der Waals surface area contributed by atoms with Gasteiger partial charge in [-0.1, -0.05) is 17.5 Å². The molecule has 0 spiro atoms. The quantitative estimate of drug-likeness (QED) is 0.854. The fourth-order valence-corrected chi connectivity index (χ4v) is 1.83. The van der Waals surface area contributed by atoms with Crippen molar-refractivity contribution in [3.63, 3.8) is 0 Å². The Morgan fingerprint density at radius 3 is 2.61 bits per heavy atom. The van der Waals surface area contributed by atoms with Crippen LogP contribution in [-0.4, -0.2) is 18.6 Å². The van der Waals surface area contributed by atoms with Crippen molar-refractivity contribution in [3.8, 4) is 18.1 Å². The molecule has 0 unspecified atom stereocenters. The molecule has 1 aromatic rings. The standard InChI is InChI=1S/C14H16ClNO2/c1-6-14(3,4)16-13(17)11-8-10(15)7-9(2)12(11)18-5/h1,7-8H,2-5H3,(H,16,17). The summed E-state index contributed by atoms with van der Waals surface area (Å²) in [6.45, 7) is 5.32. The molecule has 4 heteroatoms. The highest BCUT2D eigenvalue weighted by molar-refractivity contribution is 6.31. The van der Waals surface area contributed by atoms with Crippen LogP contribution in [0, 0.1) is 19.3 Å². The van der Waals surface area contributed by atoms with Crippen LogP contribution in [0.3, 0.4) is 0 Å². The number of rotatable bonds is 3. The largest absolute Gasteiger partial charge is 0.496 e. The van der Waals surface area contributed by atoms with E-state index < -0.39 is 5.54 Å². The summed E-state index contributed by atoms with van der Waals surface area (Å²) in [5.74, 6) is 2.70. The summed E-state index contributed by atoms with van der Waals surface area (Å²) < 4.78 is 5.23. The second-order valence-corrected chi connectivity index (χ2v) is 4.96. The Balaban J connectivity index is 3.18. The van der Waals surface area contributed by atoms with Crippen molar-refractivity contribution >= 4 is 17.5 Å². The van der Waals surface area contributed by atoms with Gasteiger partial charge in [-0.15, -0.1) is 6.42 Å². The lowest BCUT2D eigenvalue weighted by Crippen LogP contribution is -2.42. The van der Waals surface area contributed by atoms with Crippen LogP contribution >= 0.6 is 11.6 Å². The molecule has 1 aromatic carbocycles. The summed E-state index contributed by atoms with van der Waals surface area (Å²) in [7, 11) is 1.51. The zero-order valence-electron chi connectivity index (χ0n) is 10.9. The number of aryl methyl sites for hydroxylation is 1. The first-order valence-electron chi connectivity index (χ1n) is 5.45. The van der Waals surface area contributed by atoms with Crippen molar-refractivity contribution in [3.05, 3.63) is 28.3 Å². The molecular weight excluding hydrogens is 250 g/mol. The van der Waals surface area contributed by atoms with E-state index >= 15 is 0 Å². The minimum absolute atomic E-state index is 0.305. The molecule has 0 aliphatic heterocycles. The number of benzene rings is 1. The van der Waals surface area contributed by atoms with Gasteiger partial charge < -0.3 is 10.1 Å². The van der Waals surface area contributed by atoms with Crippen molar-refractivity contribution in [1.29, 1.82) is 0 Å². The molecule has 0 atom stereocenters. The fraction of sp³-hybridized carbons (Fsp3) is 0.357. The maximum atomic E-state index is 12.2. The third kappa shape index (κ3) is 3.18. The fourth-order valence-electron chi connectivity index (χ4n) is 1.56. The van der Waals surface area contributed by atoms with Gasteiger partial charge in [0.1, 0.15) is 5.75 Å². The number of amides is 1. The number of ether oxygens (including phenoxy) is 1. The van der Waals surface area contributed by atoms with Gasteiger partial charge in [0, 0.05) is 5.02 Å². The summed E-state index contributed by atoms with van der Waals surface area (Å²) in [5.41, 5.74) is 0.456. The average Bonchev–Trinajstić information content (AvgIpc) is 2.27. The Morgan fingerprint density at radius 1 is 1.50 bits per heavy atom. The molecule has 0 aromatic heterocycles. The monoisotopic (exact) mass is 265 g/mol. The van der Waals surface area contributed by atoms with E-state index in [9.17, 15) is 4.79 Å². The van der Waals surface area contributed by atoms with Gasteiger partial charge in [0.2, 0.25) is 0 Å². The summed E-state index contributed by atoms with van der Waals surface area (Å²) in [6, 6.07) is 3.30. The van der Waals surface area contributed by atoms with Gasteiger partial charge in [0.25, 0.3) is 5.91 Å². The molecule has 1 rings (SSSR count). The lowest BCUT2D eigenvalue weighted by atomic mass is 10.0. The normalized spacial score (nSPS) is 10.7. The summed E-state index contributed by atoms with van der Waals surface area (Å²) in [5, 5.41) is 3.22. The number of carbonyl (C=O) groups is 1. The van der Waals surface area contributed by atoms with Crippen molar-refractivity contribution < 1.29 is 9.53 Å². The molecule has 0 fully saturated rings. The lowest BCUT2D eigenvalue weighted by molar-refractivity contribution is 0.0926. The first-order valence-corrected chi connectivity index (χ1v) is 5.83. The SMILES string of the molecule is C#CC(C)(C)NC(=O)c1cc(Cl)cc(C)c1OC. The third-order valence-electron chi connectivity index (χ3n) is 2.48. The maximum absolute atomic E-state index is 12.2. The second-order valence-electron chi connectivity index (χ2n) is 4.53. The highest BCUT2D eigenvalue weighted by Gasteiger charge is 2.22. The van der Waals surface area contributed by atoms with Gasteiger partial charge >= 0.3 is 0 Å². The van der Waals surface area contributed by atoms with Crippen molar-refractivity contribution in [2.75, 3.05) is 7.11 Å². The van der Waals surface area contributed by atoms with Gasteiger partial charge in [0.05, 0.1) is 18.2 Å². The Kier molecular flexibility index (Phi) is 4.26. The summed E-state index contributed by atoms with van der Waals surface area (Å²) in [4.78, 5) is 12.2. The first kappa shape index (κ1) is 14.4. The number of hydrogen-bond acceptors (Lipinski definition) is 2. The van der Waals surface area contributed by atoms with Crippen LogP contribution in [0.4, 0.5) is 0 Å². The number of hydrogen-bond donors (Lipinski definition) is 1. The molecule has 0 bridgehead atoms. The minimum atomic E-state index is -0.724. The molecule has 1 N–H and O–H groups in total. The van der Waals surface area contributed by atoms with Crippen LogP contribution in [0.2, 0.25) is 5.02 Å². The summed E-state index contributed by atoms with van der Waals surface area (Å²) >= 11 is 5.95. The topological polar surface area (TPSA) is 38.3 Å². The number of carbonyl (C=O) groups excluding carboxylic acids is 1. The van der Waals surface area contributed by atoms with Crippen LogP contribution in [0.15, 0.2) is 12.1 Å².